The molecule has 86 valence electrons. The summed E-state index contributed by atoms with van der Waals surface area (Å²) < 4.78 is 13.5. The topological polar surface area (TPSA) is 20.3 Å². The van der Waals surface area contributed by atoms with E-state index in [1.165, 1.54) is 12.1 Å². The predicted molar refractivity (Wildman–Crippen MR) is 65.3 cm³/mol. The smallest absolute Gasteiger partial charge is 0.227 e. The van der Waals surface area contributed by atoms with E-state index in [0.29, 0.717) is 29.0 Å². The Balaban J connectivity index is 2.28. The number of halogens is 3. The molecule has 0 radical (unpaired) electrons. The van der Waals surface area contributed by atoms with E-state index in [-0.39, 0.29) is 17.6 Å². The summed E-state index contributed by atoms with van der Waals surface area (Å²) in [5.41, 5.74) is 0.707. The van der Waals surface area contributed by atoms with Crippen molar-refractivity contribution in [3.63, 3.8) is 0 Å². The van der Waals surface area contributed by atoms with Gasteiger partial charge in [0.25, 0.3) is 0 Å². The van der Waals surface area contributed by atoms with Crippen molar-refractivity contribution in [1.29, 1.82) is 0 Å². The zero-order valence-corrected chi connectivity index (χ0v) is 10.8. The van der Waals surface area contributed by atoms with Gasteiger partial charge in [0, 0.05) is 23.3 Å². The molecule has 1 heterocycles. The maximum absolute atomic E-state index is 12.9. The summed E-state index contributed by atoms with van der Waals surface area (Å²) in [5.74, 6) is 0.376. The zero-order valence-electron chi connectivity index (χ0n) is 8.42. The highest BCUT2D eigenvalue weighted by Gasteiger charge is 2.30. The van der Waals surface area contributed by atoms with Gasteiger partial charge in [-0.2, -0.15) is 0 Å². The summed E-state index contributed by atoms with van der Waals surface area (Å²) in [6.45, 7) is 0.604. The van der Waals surface area contributed by atoms with Crippen LogP contribution < -0.4 is 4.90 Å². The van der Waals surface area contributed by atoms with Crippen molar-refractivity contribution < 1.29 is 9.18 Å². The molecule has 0 bridgehead atoms. The third-order valence-corrected chi connectivity index (χ3v) is 3.70. The van der Waals surface area contributed by atoms with Crippen LogP contribution >= 0.6 is 27.5 Å². The number of alkyl halides is 1. The van der Waals surface area contributed by atoms with Gasteiger partial charge in [0.2, 0.25) is 5.91 Å². The van der Waals surface area contributed by atoms with E-state index in [2.05, 4.69) is 15.9 Å². The molecule has 1 aromatic carbocycles. The average Bonchev–Trinajstić information content (AvgIpc) is 2.60. The van der Waals surface area contributed by atoms with Gasteiger partial charge in [0.15, 0.2) is 0 Å². The van der Waals surface area contributed by atoms with Crippen molar-refractivity contribution in [2.45, 2.75) is 6.42 Å². The van der Waals surface area contributed by atoms with Gasteiger partial charge in [-0.25, -0.2) is 4.39 Å². The van der Waals surface area contributed by atoms with Crippen LogP contribution in [0.15, 0.2) is 22.7 Å². The van der Waals surface area contributed by atoms with Crippen LogP contribution in [-0.4, -0.2) is 18.3 Å². The molecule has 0 aromatic heterocycles. The second-order valence-corrected chi connectivity index (χ2v) is 4.99. The lowest BCUT2D eigenvalue weighted by Crippen LogP contribution is -2.25. The van der Waals surface area contributed by atoms with Crippen LogP contribution in [0.5, 0.6) is 0 Å². The van der Waals surface area contributed by atoms with E-state index >= 15 is 0 Å². The molecule has 16 heavy (non-hydrogen) atoms. The molecule has 0 spiro atoms. The van der Waals surface area contributed by atoms with Gasteiger partial charge >= 0.3 is 0 Å². The summed E-state index contributed by atoms with van der Waals surface area (Å²) in [5, 5.41) is 0. The van der Waals surface area contributed by atoms with Gasteiger partial charge in [-0.15, -0.1) is 11.6 Å². The van der Waals surface area contributed by atoms with Crippen LogP contribution in [0.4, 0.5) is 10.1 Å². The van der Waals surface area contributed by atoms with Crippen molar-refractivity contribution in [2.75, 3.05) is 17.3 Å². The molecule has 2 nitrogen and oxygen atoms in total. The van der Waals surface area contributed by atoms with Crippen molar-refractivity contribution in [2.24, 2.45) is 5.92 Å². The minimum absolute atomic E-state index is 0.0398. The number of amides is 1. The van der Waals surface area contributed by atoms with E-state index < -0.39 is 0 Å². The van der Waals surface area contributed by atoms with Crippen LogP contribution in [0.25, 0.3) is 0 Å². The minimum atomic E-state index is -0.323. The third kappa shape index (κ3) is 2.23. The number of benzene rings is 1. The van der Waals surface area contributed by atoms with E-state index in [0.717, 1.165) is 0 Å². The first kappa shape index (κ1) is 11.9. The number of carbonyl (C=O) groups excluding carboxylic acids is 1. The van der Waals surface area contributed by atoms with E-state index in [1.54, 1.807) is 11.0 Å². The molecule has 1 fully saturated rings. The molecule has 5 heteroatoms. The summed E-state index contributed by atoms with van der Waals surface area (Å²) >= 11 is 9.00. The first-order chi connectivity index (χ1) is 7.61. The molecule has 0 aliphatic carbocycles. The SMILES string of the molecule is O=C1CC(CCl)CN1c1ccc(F)cc1Br. The summed E-state index contributed by atoms with van der Waals surface area (Å²) in [6.07, 6.45) is 0.466. The first-order valence-corrected chi connectivity index (χ1v) is 6.26. The molecule has 0 saturated carbocycles. The molecule has 1 amide bonds. The Bertz CT molecular complexity index is 426. The van der Waals surface area contributed by atoms with Crippen LogP contribution in [0.1, 0.15) is 6.42 Å². The lowest BCUT2D eigenvalue weighted by molar-refractivity contribution is -0.117. The summed E-state index contributed by atoms with van der Waals surface area (Å²) in [7, 11) is 0. The highest BCUT2D eigenvalue weighted by Crippen LogP contribution is 2.32. The van der Waals surface area contributed by atoms with Crippen molar-refractivity contribution in [1.82, 2.24) is 0 Å². The Hall–Kier alpha value is -0.610. The Morgan fingerprint density at radius 2 is 2.31 bits per heavy atom. The van der Waals surface area contributed by atoms with Crippen molar-refractivity contribution >= 4 is 39.1 Å². The molecule has 1 aromatic rings. The number of hydrogen-bond donors (Lipinski definition) is 0. The van der Waals surface area contributed by atoms with Gasteiger partial charge < -0.3 is 4.90 Å². The Morgan fingerprint density at radius 3 is 2.88 bits per heavy atom. The normalized spacial score (nSPS) is 20.6. The first-order valence-electron chi connectivity index (χ1n) is 4.93. The Labute approximate surface area is 107 Å². The van der Waals surface area contributed by atoms with Crippen LogP contribution in [0, 0.1) is 11.7 Å². The van der Waals surface area contributed by atoms with Crippen LogP contribution in [0.3, 0.4) is 0 Å². The lowest BCUT2D eigenvalue weighted by atomic mass is 10.1. The molecule has 1 unspecified atom stereocenters. The zero-order chi connectivity index (χ0) is 11.7. The van der Waals surface area contributed by atoms with Gasteiger partial charge in [0.05, 0.1) is 5.69 Å². The standard InChI is InChI=1S/C11H10BrClFNO/c12-9-4-8(14)1-2-10(9)15-6-7(5-13)3-11(15)16/h1-2,4,7H,3,5-6H2. The van der Waals surface area contributed by atoms with Crippen LogP contribution in [0.2, 0.25) is 0 Å². The second-order valence-electron chi connectivity index (χ2n) is 3.82. The molecule has 1 aliphatic rings. The summed E-state index contributed by atoms with van der Waals surface area (Å²) in [6, 6.07) is 4.31. The minimum Gasteiger partial charge on any atom is -0.311 e. The number of anilines is 1. The number of hydrogen-bond acceptors (Lipinski definition) is 1. The average molecular weight is 307 g/mol. The van der Waals surface area contributed by atoms with Gasteiger partial charge in [-0.05, 0) is 40.0 Å². The Kier molecular flexibility index (Phi) is 3.50. The molecular weight excluding hydrogens is 296 g/mol. The number of carbonyl (C=O) groups is 1. The largest absolute Gasteiger partial charge is 0.311 e. The summed E-state index contributed by atoms with van der Waals surface area (Å²) in [4.78, 5) is 13.4. The van der Waals surface area contributed by atoms with Crippen LogP contribution in [-0.2, 0) is 4.79 Å². The molecule has 1 atom stereocenters. The molecular formula is C11H10BrClFNO. The highest BCUT2D eigenvalue weighted by molar-refractivity contribution is 9.10. The van der Waals surface area contributed by atoms with Crippen molar-refractivity contribution in [3.8, 4) is 0 Å². The molecule has 1 saturated heterocycles. The van der Waals surface area contributed by atoms with Gasteiger partial charge in [-0.1, -0.05) is 0 Å². The van der Waals surface area contributed by atoms with Gasteiger partial charge in [0.1, 0.15) is 5.82 Å². The molecule has 0 N–H and O–H groups in total. The monoisotopic (exact) mass is 305 g/mol. The van der Waals surface area contributed by atoms with Gasteiger partial charge in [-0.3, -0.25) is 4.79 Å². The number of rotatable bonds is 2. The quantitative estimate of drug-likeness (QED) is 0.769. The lowest BCUT2D eigenvalue weighted by Gasteiger charge is -2.18. The number of nitrogens with zero attached hydrogens (tertiary/aromatic N) is 1. The fourth-order valence-electron chi connectivity index (χ4n) is 1.82. The van der Waals surface area contributed by atoms with Crippen molar-refractivity contribution in [3.05, 3.63) is 28.5 Å². The maximum Gasteiger partial charge on any atom is 0.227 e. The fourth-order valence-corrected chi connectivity index (χ4v) is 2.59. The second kappa shape index (κ2) is 4.72. The van der Waals surface area contributed by atoms with E-state index in [9.17, 15) is 9.18 Å². The molecule has 1 aliphatic heterocycles. The predicted octanol–water partition coefficient (Wildman–Crippen LogP) is 3.18. The van der Waals surface area contributed by atoms with E-state index in [4.69, 9.17) is 11.6 Å². The third-order valence-electron chi connectivity index (χ3n) is 2.62. The molecule has 2 rings (SSSR count). The fraction of sp³-hybridized carbons (Fsp3) is 0.364. The maximum atomic E-state index is 12.9. The van der Waals surface area contributed by atoms with E-state index in [1.807, 2.05) is 0 Å². The Morgan fingerprint density at radius 1 is 1.56 bits per heavy atom. The highest BCUT2D eigenvalue weighted by atomic mass is 79.9.